The monoisotopic (exact) mass is 360 g/mol. The Hall–Kier alpha value is -1.23. The van der Waals surface area contributed by atoms with Crippen molar-refractivity contribution in [3.8, 4) is 0 Å². The zero-order chi connectivity index (χ0) is 14.7. The lowest BCUT2D eigenvalue weighted by Gasteiger charge is -2.16. The topological polar surface area (TPSA) is 24.9 Å². The summed E-state index contributed by atoms with van der Waals surface area (Å²) in [5.74, 6) is 0. The molecule has 21 heavy (non-hydrogen) atoms. The zero-order valence-electron chi connectivity index (χ0n) is 11.8. The van der Waals surface area contributed by atoms with E-state index in [1.165, 1.54) is 20.5 Å². The molecule has 2 nitrogen and oxygen atoms in total. The predicted molar refractivity (Wildman–Crippen MR) is 93.9 cm³/mol. The van der Waals surface area contributed by atoms with Gasteiger partial charge in [-0.25, -0.2) is 0 Å². The summed E-state index contributed by atoms with van der Waals surface area (Å²) in [7, 11) is 0. The minimum absolute atomic E-state index is 0.337. The van der Waals surface area contributed by atoms with Crippen molar-refractivity contribution in [2.24, 2.45) is 0 Å². The summed E-state index contributed by atoms with van der Waals surface area (Å²) in [6.45, 7) is 3.11. The van der Waals surface area contributed by atoms with E-state index in [1.807, 2.05) is 23.7 Å². The van der Waals surface area contributed by atoms with Crippen molar-refractivity contribution in [1.82, 2.24) is 10.3 Å². The van der Waals surface area contributed by atoms with Crippen LogP contribution in [-0.4, -0.2) is 11.5 Å². The molecule has 0 saturated heterocycles. The molecule has 1 unspecified atom stereocenters. The molecule has 2 heterocycles. The molecule has 0 bridgehead atoms. The molecule has 0 aliphatic carbocycles. The standard InChI is InChI=1S/C17H17BrN2S/c1-2-20-15(8-12-7-14(18)11-19-10-12)17-9-13-5-3-4-6-16(13)21-17/h3-7,9-11,15,20H,2,8H2,1H3. The molecule has 4 heteroatoms. The first-order valence-electron chi connectivity index (χ1n) is 7.07. The maximum Gasteiger partial charge on any atom is 0.0456 e. The van der Waals surface area contributed by atoms with E-state index in [4.69, 9.17) is 0 Å². The van der Waals surface area contributed by atoms with Gasteiger partial charge in [-0.15, -0.1) is 11.3 Å². The first-order chi connectivity index (χ1) is 10.3. The van der Waals surface area contributed by atoms with Crippen LogP contribution < -0.4 is 5.32 Å². The van der Waals surface area contributed by atoms with Crippen LogP contribution in [-0.2, 0) is 6.42 Å². The Kier molecular flexibility index (Phi) is 4.68. The molecular formula is C17H17BrN2S. The number of thiophene rings is 1. The second-order valence-corrected chi connectivity index (χ2v) is 7.04. The zero-order valence-corrected chi connectivity index (χ0v) is 14.2. The molecule has 108 valence electrons. The van der Waals surface area contributed by atoms with E-state index in [9.17, 15) is 0 Å². The fourth-order valence-electron chi connectivity index (χ4n) is 2.50. The van der Waals surface area contributed by atoms with Crippen molar-refractivity contribution < 1.29 is 0 Å². The number of rotatable bonds is 5. The third-order valence-corrected chi connectivity index (χ3v) is 5.10. The Morgan fingerprint density at radius 2 is 2.10 bits per heavy atom. The Bertz CT molecular complexity index is 705. The quantitative estimate of drug-likeness (QED) is 0.695. The minimum atomic E-state index is 0.337. The number of halogens is 1. The lowest BCUT2D eigenvalue weighted by atomic mass is 10.1. The second-order valence-electron chi connectivity index (χ2n) is 5.01. The summed E-state index contributed by atoms with van der Waals surface area (Å²) in [6.07, 6.45) is 4.72. The normalized spacial score (nSPS) is 12.7. The number of nitrogens with zero attached hydrogens (tertiary/aromatic N) is 1. The van der Waals surface area contributed by atoms with E-state index in [0.717, 1.165) is 17.4 Å². The average Bonchev–Trinajstić information content (AvgIpc) is 2.91. The molecule has 3 aromatic rings. The SMILES string of the molecule is CCNC(Cc1cncc(Br)c1)c1cc2ccccc2s1. The Morgan fingerprint density at radius 1 is 1.24 bits per heavy atom. The number of likely N-dealkylation sites (N-methyl/N-ethyl adjacent to an activating group) is 1. The molecule has 3 rings (SSSR count). The number of fused-ring (bicyclic) bond motifs is 1. The Labute approximate surface area is 137 Å². The van der Waals surface area contributed by atoms with Gasteiger partial charge in [0.15, 0.2) is 0 Å². The van der Waals surface area contributed by atoms with Gasteiger partial charge in [-0.05, 0) is 58.0 Å². The third-order valence-electron chi connectivity index (χ3n) is 3.44. The molecule has 0 amide bonds. The highest BCUT2D eigenvalue weighted by Crippen LogP contribution is 2.31. The van der Waals surface area contributed by atoms with Crippen LogP contribution in [0.3, 0.4) is 0 Å². The van der Waals surface area contributed by atoms with Crippen molar-refractivity contribution >= 4 is 37.4 Å². The second kappa shape index (κ2) is 6.69. The van der Waals surface area contributed by atoms with Gasteiger partial charge in [0.25, 0.3) is 0 Å². The van der Waals surface area contributed by atoms with E-state index >= 15 is 0 Å². The summed E-state index contributed by atoms with van der Waals surface area (Å²) in [5, 5.41) is 4.92. The van der Waals surface area contributed by atoms with Crippen molar-refractivity contribution in [2.75, 3.05) is 6.54 Å². The molecule has 1 atom stereocenters. The van der Waals surface area contributed by atoms with Gasteiger partial charge >= 0.3 is 0 Å². The van der Waals surface area contributed by atoms with E-state index in [1.54, 1.807) is 0 Å². The molecular weight excluding hydrogens is 344 g/mol. The molecule has 0 fully saturated rings. The van der Waals surface area contributed by atoms with Crippen LogP contribution in [0.5, 0.6) is 0 Å². The van der Waals surface area contributed by atoms with Crippen LogP contribution in [0.2, 0.25) is 0 Å². The molecule has 0 saturated carbocycles. The van der Waals surface area contributed by atoms with Crippen molar-refractivity contribution in [3.05, 3.63) is 63.7 Å². The molecule has 1 N–H and O–H groups in total. The van der Waals surface area contributed by atoms with E-state index < -0.39 is 0 Å². The maximum absolute atomic E-state index is 4.26. The van der Waals surface area contributed by atoms with Gasteiger partial charge in [0.2, 0.25) is 0 Å². The molecule has 0 spiro atoms. The number of hydrogen-bond acceptors (Lipinski definition) is 3. The van der Waals surface area contributed by atoms with Crippen LogP contribution in [0, 0.1) is 0 Å². The van der Waals surface area contributed by atoms with Gasteiger partial charge in [-0.1, -0.05) is 25.1 Å². The van der Waals surface area contributed by atoms with E-state index in [-0.39, 0.29) is 0 Å². The fraction of sp³-hybridized carbons (Fsp3) is 0.235. The van der Waals surface area contributed by atoms with Crippen LogP contribution in [0.1, 0.15) is 23.4 Å². The summed E-state index contributed by atoms with van der Waals surface area (Å²) in [5.41, 5.74) is 1.24. The van der Waals surface area contributed by atoms with Gasteiger partial charge < -0.3 is 5.32 Å². The predicted octanol–water partition coefficient (Wildman–Crippen LogP) is 4.95. The molecule has 0 radical (unpaired) electrons. The van der Waals surface area contributed by atoms with E-state index in [2.05, 4.69) is 69.6 Å². The van der Waals surface area contributed by atoms with Crippen LogP contribution >= 0.6 is 27.3 Å². The third kappa shape index (κ3) is 3.51. The summed E-state index contributed by atoms with van der Waals surface area (Å²) >= 11 is 5.37. The lowest BCUT2D eigenvalue weighted by Crippen LogP contribution is -2.22. The van der Waals surface area contributed by atoms with Gasteiger partial charge in [-0.3, -0.25) is 4.98 Å². The highest BCUT2D eigenvalue weighted by molar-refractivity contribution is 9.10. The van der Waals surface area contributed by atoms with Crippen LogP contribution in [0.15, 0.2) is 53.3 Å². The molecule has 0 aliphatic heterocycles. The Morgan fingerprint density at radius 3 is 2.86 bits per heavy atom. The smallest absolute Gasteiger partial charge is 0.0456 e. The fourth-order valence-corrected chi connectivity index (χ4v) is 4.05. The highest BCUT2D eigenvalue weighted by Gasteiger charge is 2.14. The average molecular weight is 361 g/mol. The van der Waals surface area contributed by atoms with Crippen molar-refractivity contribution in [1.29, 1.82) is 0 Å². The first-order valence-corrected chi connectivity index (χ1v) is 8.68. The van der Waals surface area contributed by atoms with E-state index in [0.29, 0.717) is 6.04 Å². The summed E-state index contributed by atoms with van der Waals surface area (Å²) < 4.78 is 2.38. The van der Waals surface area contributed by atoms with Crippen molar-refractivity contribution in [3.63, 3.8) is 0 Å². The molecule has 1 aromatic carbocycles. The summed E-state index contributed by atoms with van der Waals surface area (Å²) in [6, 6.07) is 13.3. The first kappa shape index (κ1) is 14.7. The molecule has 2 aromatic heterocycles. The summed E-state index contributed by atoms with van der Waals surface area (Å²) in [4.78, 5) is 5.65. The van der Waals surface area contributed by atoms with Gasteiger partial charge in [0.05, 0.1) is 0 Å². The van der Waals surface area contributed by atoms with Gasteiger partial charge in [-0.2, -0.15) is 0 Å². The highest BCUT2D eigenvalue weighted by atomic mass is 79.9. The number of benzene rings is 1. The number of aromatic nitrogens is 1. The largest absolute Gasteiger partial charge is 0.309 e. The minimum Gasteiger partial charge on any atom is -0.309 e. The number of pyridine rings is 1. The van der Waals surface area contributed by atoms with Crippen LogP contribution in [0.25, 0.3) is 10.1 Å². The lowest BCUT2D eigenvalue weighted by molar-refractivity contribution is 0.557. The van der Waals surface area contributed by atoms with Crippen LogP contribution in [0.4, 0.5) is 0 Å². The molecule has 0 aliphatic rings. The van der Waals surface area contributed by atoms with Gasteiger partial charge in [0, 0.05) is 32.5 Å². The Balaban J connectivity index is 1.90. The number of nitrogens with one attached hydrogen (secondary N) is 1. The van der Waals surface area contributed by atoms with Gasteiger partial charge in [0.1, 0.15) is 0 Å². The maximum atomic E-state index is 4.26. The number of hydrogen-bond donors (Lipinski definition) is 1. The van der Waals surface area contributed by atoms with Crippen molar-refractivity contribution in [2.45, 2.75) is 19.4 Å².